The first kappa shape index (κ1) is 19.7. The van der Waals surface area contributed by atoms with Crippen LogP contribution in [0, 0.1) is 0 Å². The lowest BCUT2D eigenvalue weighted by Gasteiger charge is -2.39. The Kier molecular flexibility index (Phi) is 7.82. The van der Waals surface area contributed by atoms with Gasteiger partial charge < -0.3 is 19.7 Å². The van der Waals surface area contributed by atoms with Crippen LogP contribution in [-0.2, 0) is 16.1 Å². The molecule has 1 aromatic carbocycles. The molecular formula is C17H27ClN2O3. The van der Waals surface area contributed by atoms with Crippen LogP contribution in [0.3, 0.4) is 0 Å². The zero-order valence-corrected chi connectivity index (χ0v) is 15.1. The molecular weight excluding hydrogens is 316 g/mol. The number of carbonyl (C=O) groups excluding carboxylic acids is 1. The minimum absolute atomic E-state index is 0. The zero-order chi connectivity index (χ0) is 16.1. The molecule has 1 aromatic rings. The Morgan fingerprint density at radius 3 is 2.87 bits per heavy atom. The quantitative estimate of drug-likeness (QED) is 0.891. The van der Waals surface area contributed by atoms with Crippen molar-refractivity contribution in [3.8, 4) is 5.75 Å². The van der Waals surface area contributed by atoms with Crippen LogP contribution in [-0.4, -0.2) is 49.2 Å². The van der Waals surface area contributed by atoms with E-state index in [0.717, 1.165) is 24.4 Å². The van der Waals surface area contributed by atoms with Gasteiger partial charge in [0.2, 0.25) is 0 Å². The topological polar surface area (TPSA) is 50.8 Å². The molecule has 0 aromatic heterocycles. The Hall–Kier alpha value is -1.30. The highest BCUT2D eigenvalue weighted by molar-refractivity contribution is 5.85. The Bertz CT molecular complexity index is 512. The molecule has 1 fully saturated rings. The monoisotopic (exact) mass is 342 g/mol. The largest absolute Gasteiger partial charge is 0.497 e. The van der Waals surface area contributed by atoms with Gasteiger partial charge in [-0.25, -0.2) is 0 Å². The summed E-state index contributed by atoms with van der Waals surface area (Å²) in [5, 5.41) is 3.38. The molecule has 0 aliphatic carbocycles. The molecule has 0 saturated carbocycles. The molecule has 3 atom stereocenters. The van der Waals surface area contributed by atoms with Crippen LogP contribution in [0.2, 0.25) is 0 Å². The number of rotatable bonds is 5. The first-order chi connectivity index (χ1) is 10.5. The molecule has 3 unspecified atom stereocenters. The summed E-state index contributed by atoms with van der Waals surface area (Å²) >= 11 is 0. The van der Waals surface area contributed by atoms with Crippen LogP contribution in [0.15, 0.2) is 24.3 Å². The maximum atomic E-state index is 12.5. The molecule has 23 heavy (non-hydrogen) atoms. The fourth-order valence-electron chi connectivity index (χ4n) is 2.66. The molecule has 0 bridgehead atoms. The van der Waals surface area contributed by atoms with E-state index in [9.17, 15) is 4.79 Å². The molecule has 1 amide bonds. The van der Waals surface area contributed by atoms with Crippen molar-refractivity contribution in [3.63, 3.8) is 0 Å². The van der Waals surface area contributed by atoms with Gasteiger partial charge in [-0.1, -0.05) is 12.1 Å². The second kappa shape index (κ2) is 9.11. The number of amides is 1. The summed E-state index contributed by atoms with van der Waals surface area (Å²) in [5.41, 5.74) is 1.00. The Labute approximate surface area is 144 Å². The molecule has 1 aliphatic rings. The molecule has 1 heterocycles. The van der Waals surface area contributed by atoms with Crippen molar-refractivity contribution in [1.29, 1.82) is 0 Å². The normalized spacial score (nSPS) is 22.2. The highest BCUT2D eigenvalue weighted by atomic mass is 35.5. The first-order valence-corrected chi connectivity index (χ1v) is 7.81. The summed E-state index contributed by atoms with van der Waals surface area (Å²) in [6.07, 6.45) is -0.445. The SMILES string of the molecule is COc1cccc(COC(C)C(=O)N2CCNC(C)C2C)c1.Cl. The van der Waals surface area contributed by atoms with Crippen molar-refractivity contribution in [2.75, 3.05) is 20.2 Å². The van der Waals surface area contributed by atoms with E-state index in [0.29, 0.717) is 12.6 Å². The second-order valence-electron chi connectivity index (χ2n) is 5.82. The molecule has 2 rings (SSSR count). The number of nitrogens with zero attached hydrogens (tertiary/aromatic N) is 1. The van der Waals surface area contributed by atoms with Gasteiger partial charge in [0.1, 0.15) is 11.9 Å². The highest BCUT2D eigenvalue weighted by Gasteiger charge is 2.30. The average Bonchev–Trinajstić information content (AvgIpc) is 2.54. The van der Waals surface area contributed by atoms with Crippen molar-refractivity contribution < 1.29 is 14.3 Å². The lowest BCUT2D eigenvalue weighted by Crippen LogP contribution is -2.59. The molecule has 130 valence electrons. The van der Waals surface area contributed by atoms with Gasteiger partial charge in [-0.05, 0) is 38.5 Å². The van der Waals surface area contributed by atoms with Crippen molar-refractivity contribution in [1.82, 2.24) is 10.2 Å². The Balaban J connectivity index is 0.00000264. The zero-order valence-electron chi connectivity index (χ0n) is 14.2. The van der Waals surface area contributed by atoms with E-state index in [1.807, 2.05) is 36.1 Å². The number of carbonyl (C=O) groups is 1. The lowest BCUT2D eigenvalue weighted by atomic mass is 10.1. The summed E-state index contributed by atoms with van der Waals surface area (Å²) in [4.78, 5) is 14.5. The van der Waals surface area contributed by atoms with Crippen molar-refractivity contribution in [3.05, 3.63) is 29.8 Å². The minimum atomic E-state index is -0.445. The summed E-state index contributed by atoms with van der Waals surface area (Å²) < 4.78 is 11.0. The number of ether oxygens (including phenoxy) is 2. The fraction of sp³-hybridized carbons (Fsp3) is 0.588. The number of hydrogen-bond donors (Lipinski definition) is 1. The summed E-state index contributed by atoms with van der Waals surface area (Å²) in [6.45, 7) is 7.97. The summed E-state index contributed by atoms with van der Waals surface area (Å²) in [6, 6.07) is 8.20. The summed E-state index contributed by atoms with van der Waals surface area (Å²) in [5.74, 6) is 0.855. The van der Waals surface area contributed by atoms with E-state index in [1.54, 1.807) is 7.11 Å². The fourth-order valence-corrected chi connectivity index (χ4v) is 2.66. The van der Waals surface area contributed by atoms with E-state index >= 15 is 0 Å². The van der Waals surface area contributed by atoms with Gasteiger partial charge in [0.05, 0.1) is 13.7 Å². The molecule has 5 nitrogen and oxygen atoms in total. The number of halogens is 1. The number of hydrogen-bond acceptors (Lipinski definition) is 4. The third kappa shape index (κ3) is 5.09. The maximum Gasteiger partial charge on any atom is 0.251 e. The van der Waals surface area contributed by atoms with E-state index < -0.39 is 6.10 Å². The smallest absolute Gasteiger partial charge is 0.251 e. The van der Waals surface area contributed by atoms with E-state index in [2.05, 4.69) is 19.2 Å². The van der Waals surface area contributed by atoms with Crippen LogP contribution in [0.5, 0.6) is 5.75 Å². The summed E-state index contributed by atoms with van der Waals surface area (Å²) in [7, 11) is 1.64. The van der Waals surface area contributed by atoms with Crippen LogP contribution in [0.4, 0.5) is 0 Å². The average molecular weight is 343 g/mol. The number of methoxy groups -OCH3 is 1. The van der Waals surface area contributed by atoms with Crippen LogP contribution >= 0.6 is 12.4 Å². The third-order valence-corrected chi connectivity index (χ3v) is 4.30. The lowest BCUT2D eigenvalue weighted by molar-refractivity contribution is -0.147. The van der Waals surface area contributed by atoms with E-state index in [4.69, 9.17) is 9.47 Å². The third-order valence-electron chi connectivity index (χ3n) is 4.30. The van der Waals surface area contributed by atoms with Crippen LogP contribution < -0.4 is 10.1 Å². The molecule has 1 aliphatic heterocycles. The molecule has 0 radical (unpaired) electrons. The van der Waals surface area contributed by atoms with Crippen LogP contribution in [0.1, 0.15) is 26.3 Å². The Morgan fingerprint density at radius 1 is 1.43 bits per heavy atom. The highest BCUT2D eigenvalue weighted by Crippen LogP contribution is 2.16. The van der Waals surface area contributed by atoms with Gasteiger partial charge in [0.25, 0.3) is 5.91 Å². The number of benzene rings is 1. The first-order valence-electron chi connectivity index (χ1n) is 7.81. The predicted molar refractivity (Wildman–Crippen MR) is 93.1 cm³/mol. The van der Waals surface area contributed by atoms with Crippen molar-refractivity contribution in [2.45, 2.75) is 45.6 Å². The molecule has 1 saturated heterocycles. The number of piperazine rings is 1. The molecule has 1 N–H and O–H groups in total. The second-order valence-corrected chi connectivity index (χ2v) is 5.82. The molecule has 0 spiro atoms. The van der Waals surface area contributed by atoms with Gasteiger partial charge in [0, 0.05) is 25.2 Å². The van der Waals surface area contributed by atoms with E-state index in [1.165, 1.54) is 0 Å². The van der Waals surface area contributed by atoms with Gasteiger partial charge in [-0.3, -0.25) is 4.79 Å². The minimum Gasteiger partial charge on any atom is -0.497 e. The van der Waals surface area contributed by atoms with Gasteiger partial charge >= 0.3 is 0 Å². The van der Waals surface area contributed by atoms with Gasteiger partial charge in [-0.15, -0.1) is 12.4 Å². The van der Waals surface area contributed by atoms with Crippen molar-refractivity contribution in [2.24, 2.45) is 0 Å². The predicted octanol–water partition coefficient (Wildman–Crippen LogP) is 2.23. The molecule has 6 heteroatoms. The Morgan fingerprint density at radius 2 is 2.17 bits per heavy atom. The number of nitrogens with one attached hydrogen (secondary N) is 1. The van der Waals surface area contributed by atoms with E-state index in [-0.39, 0.29) is 24.4 Å². The van der Waals surface area contributed by atoms with Crippen LogP contribution in [0.25, 0.3) is 0 Å². The van der Waals surface area contributed by atoms with Gasteiger partial charge in [0.15, 0.2) is 0 Å². The maximum absolute atomic E-state index is 12.5. The van der Waals surface area contributed by atoms with Crippen molar-refractivity contribution >= 4 is 18.3 Å². The standard InChI is InChI=1S/C17H26N2O3.ClH/c1-12-13(2)19(9-8-18-12)17(20)14(3)22-11-15-6-5-7-16(10-15)21-4;/h5-7,10,12-14,18H,8-9,11H2,1-4H3;1H. The van der Waals surface area contributed by atoms with Gasteiger partial charge in [-0.2, -0.15) is 0 Å².